The van der Waals surface area contributed by atoms with Crippen LogP contribution in [0.5, 0.6) is 11.5 Å². The van der Waals surface area contributed by atoms with Gasteiger partial charge < -0.3 is 48.5 Å². The van der Waals surface area contributed by atoms with Crippen LogP contribution in [-0.2, 0) is 38.0 Å². The maximum atomic E-state index is 12.5. The third-order valence-electron chi connectivity index (χ3n) is 5.59. The minimum Gasteiger partial charge on any atom is -0.460 e. The molecule has 0 aliphatic carbocycles. The molecule has 0 saturated carbocycles. The second kappa shape index (κ2) is 22.1. The molecule has 45 heavy (non-hydrogen) atoms. The van der Waals surface area contributed by atoms with Gasteiger partial charge in [-0.3, -0.25) is 0 Å². The Hall–Kier alpha value is -4.50. The maximum absolute atomic E-state index is 12.5. The molecule has 2 rings (SSSR count). The molecular formula is C31H40N2O12. The molecular weight excluding hydrogens is 592 g/mol. The minimum atomic E-state index is -0.670. The molecule has 14 heteroatoms. The van der Waals surface area contributed by atoms with E-state index in [4.69, 9.17) is 37.9 Å². The average molecular weight is 633 g/mol. The molecule has 0 aliphatic rings. The molecule has 2 amide bonds. The Labute approximate surface area is 261 Å². The zero-order valence-corrected chi connectivity index (χ0v) is 25.3. The summed E-state index contributed by atoms with van der Waals surface area (Å²) < 4.78 is 42.0. The van der Waals surface area contributed by atoms with Gasteiger partial charge in [-0.2, -0.15) is 0 Å². The Morgan fingerprint density at radius 1 is 0.644 bits per heavy atom. The van der Waals surface area contributed by atoms with E-state index in [1.807, 2.05) is 0 Å². The van der Waals surface area contributed by atoms with Crippen LogP contribution in [0.4, 0.5) is 9.59 Å². The van der Waals surface area contributed by atoms with Crippen molar-refractivity contribution in [3.8, 4) is 11.5 Å². The summed E-state index contributed by atoms with van der Waals surface area (Å²) in [5, 5.41) is 6.41. The van der Waals surface area contributed by atoms with Gasteiger partial charge in [-0.25, -0.2) is 19.2 Å². The van der Waals surface area contributed by atoms with E-state index in [1.165, 1.54) is 0 Å². The SMILES string of the molecule is C=CC(=O)OCCOCCOCCNC(=O)Oc1cc(C)c(OC(=O)NCCOCCOCCOC(=O)C=C)c2ccccc12. The molecule has 14 nitrogen and oxygen atoms in total. The van der Waals surface area contributed by atoms with Gasteiger partial charge in [0.15, 0.2) is 0 Å². The van der Waals surface area contributed by atoms with Crippen molar-refractivity contribution < 1.29 is 57.1 Å². The number of ether oxygens (including phenoxy) is 8. The summed E-state index contributed by atoms with van der Waals surface area (Å²) in [5.74, 6) is -0.388. The van der Waals surface area contributed by atoms with E-state index in [-0.39, 0.29) is 52.7 Å². The van der Waals surface area contributed by atoms with Gasteiger partial charge in [-0.15, -0.1) is 0 Å². The van der Waals surface area contributed by atoms with Crippen LogP contribution in [0.15, 0.2) is 55.6 Å². The molecule has 0 aromatic heterocycles. The third-order valence-corrected chi connectivity index (χ3v) is 5.59. The molecule has 0 atom stereocenters. The number of amides is 2. The molecule has 0 bridgehead atoms. The monoisotopic (exact) mass is 632 g/mol. The summed E-state index contributed by atoms with van der Waals surface area (Å²) in [6.45, 7) is 11.1. The van der Waals surface area contributed by atoms with Crippen molar-refractivity contribution in [3.05, 3.63) is 61.2 Å². The van der Waals surface area contributed by atoms with E-state index in [9.17, 15) is 19.2 Å². The van der Waals surface area contributed by atoms with Crippen molar-refractivity contribution in [2.75, 3.05) is 79.2 Å². The van der Waals surface area contributed by atoms with E-state index in [0.717, 1.165) is 12.2 Å². The fourth-order valence-electron chi connectivity index (χ4n) is 3.55. The van der Waals surface area contributed by atoms with Gasteiger partial charge in [0.25, 0.3) is 0 Å². The van der Waals surface area contributed by atoms with Crippen molar-refractivity contribution in [1.82, 2.24) is 10.6 Å². The predicted octanol–water partition coefficient (Wildman–Crippen LogP) is 2.85. The van der Waals surface area contributed by atoms with E-state index in [2.05, 4.69) is 23.8 Å². The highest BCUT2D eigenvalue weighted by Gasteiger charge is 2.16. The van der Waals surface area contributed by atoms with Gasteiger partial charge >= 0.3 is 24.1 Å². The van der Waals surface area contributed by atoms with Crippen molar-refractivity contribution in [1.29, 1.82) is 0 Å². The highest BCUT2D eigenvalue weighted by Crippen LogP contribution is 2.36. The molecule has 0 radical (unpaired) electrons. The van der Waals surface area contributed by atoms with Gasteiger partial charge in [0.2, 0.25) is 0 Å². The second-order valence-corrected chi connectivity index (χ2v) is 8.89. The molecule has 0 heterocycles. The molecule has 2 aromatic carbocycles. The number of carbonyl (C=O) groups is 4. The smallest absolute Gasteiger partial charge is 0.412 e. The van der Waals surface area contributed by atoms with E-state index < -0.39 is 24.1 Å². The standard InChI is InChI=1S/C31H40N2O12/c1-4-27(34)42-20-18-40-16-14-38-12-10-32-30(36)44-26-22-23(3)29(25-9-7-6-8-24(25)26)45-31(37)33-11-13-39-15-17-41-19-21-43-28(35)5-2/h4-9,22H,1-2,10-21H2,3H3,(H,32,36)(H,33,37). The lowest BCUT2D eigenvalue weighted by Gasteiger charge is -2.15. The zero-order valence-electron chi connectivity index (χ0n) is 25.3. The van der Waals surface area contributed by atoms with Crippen molar-refractivity contribution in [2.24, 2.45) is 0 Å². The largest absolute Gasteiger partial charge is 0.460 e. The number of aryl methyl sites for hydroxylation is 1. The summed E-state index contributed by atoms with van der Waals surface area (Å²) in [6, 6.07) is 8.69. The Morgan fingerprint density at radius 3 is 1.60 bits per heavy atom. The quantitative estimate of drug-likeness (QED) is 0.111. The molecule has 2 N–H and O–H groups in total. The first-order valence-corrected chi connectivity index (χ1v) is 14.2. The third kappa shape index (κ3) is 15.2. The van der Waals surface area contributed by atoms with Gasteiger partial charge in [-0.1, -0.05) is 37.4 Å². The number of esters is 2. The lowest BCUT2D eigenvalue weighted by Crippen LogP contribution is -2.31. The Bertz CT molecular complexity index is 1270. The molecule has 0 unspecified atom stereocenters. The van der Waals surface area contributed by atoms with Crippen LogP contribution in [0.3, 0.4) is 0 Å². The van der Waals surface area contributed by atoms with E-state index >= 15 is 0 Å². The van der Waals surface area contributed by atoms with Crippen molar-refractivity contribution >= 4 is 34.9 Å². The van der Waals surface area contributed by atoms with Crippen LogP contribution in [0, 0.1) is 6.92 Å². The number of rotatable bonds is 22. The van der Waals surface area contributed by atoms with Crippen LogP contribution in [-0.4, -0.2) is 103 Å². The molecule has 2 aromatic rings. The normalized spacial score (nSPS) is 10.5. The second-order valence-electron chi connectivity index (χ2n) is 8.89. The Kier molecular flexibility index (Phi) is 18.0. The van der Waals surface area contributed by atoms with Crippen LogP contribution < -0.4 is 20.1 Å². The van der Waals surface area contributed by atoms with Crippen molar-refractivity contribution in [3.63, 3.8) is 0 Å². The van der Waals surface area contributed by atoms with Crippen molar-refractivity contribution in [2.45, 2.75) is 6.92 Å². The van der Waals surface area contributed by atoms with Crippen LogP contribution in [0.2, 0.25) is 0 Å². The van der Waals surface area contributed by atoms with Gasteiger partial charge in [-0.05, 0) is 18.6 Å². The topological polar surface area (TPSA) is 166 Å². The molecule has 0 saturated heterocycles. The highest BCUT2D eigenvalue weighted by molar-refractivity contribution is 5.97. The van der Waals surface area contributed by atoms with Gasteiger partial charge in [0.1, 0.15) is 24.7 Å². The van der Waals surface area contributed by atoms with Crippen LogP contribution >= 0.6 is 0 Å². The number of nitrogens with one attached hydrogen (secondary N) is 2. The number of fused-ring (bicyclic) bond motifs is 1. The summed E-state index contributed by atoms with van der Waals surface area (Å²) in [6.07, 6.45) is 0.819. The summed E-state index contributed by atoms with van der Waals surface area (Å²) in [5.41, 5.74) is 0.585. The lowest BCUT2D eigenvalue weighted by molar-refractivity contribution is -0.140. The summed E-state index contributed by atoms with van der Waals surface area (Å²) in [7, 11) is 0. The maximum Gasteiger partial charge on any atom is 0.412 e. The van der Waals surface area contributed by atoms with Gasteiger partial charge in [0, 0.05) is 36.0 Å². The van der Waals surface area contributed by atoms with E-state index in [1.54, 1.807) is 37.3 Å². The fraction of sp³-hybridized carbons (Fsp3) is 0.419. The van der Waals surface area contributed by atoms with Crippen LogP contribution in [0.25, 0.3) is 10.8 Å². The first-order chi connectivity index (χ1) is 21.8. The number of benzene rings is 2. The minimum absolute atomic E-state index is 0.126. The molecule has 246 valence electrons. The number of hydrogen-bond acceptors (Lipinski definition) is 12. The van der Waals surface area contributed by atoms with Gasteiger partial charge in [0.05, 0.1) is 52.9 Å². The Morgan fingerprint density at radius 2 is 1.09 bits per heavy atom. The number of carbonyl (C=O) groups excluding carboxylic acids is 4. The molecule has 0 spiro atoms. The lowest BCUT2D eigenvalue weighted by atomic mass is 10.0. The zero-order chi connectivity index (χ0) is 32.7. The van der Waals surface area contributed by atoms with Crippen LogP contribution in [0.1, 0.15) is 5.56 Å². The summed E-state index contributed by atoms with van der Waals surface area (Å²) >= 11 is 0. The Balaban J connectivity index is 1.70. The highest BCUT2D eigenvalue weighted by atomic mass is 16.6. The predicted molar refractivity (Wildman–Crippen MR) is 162 cm³/mol. The molecule has 0 fully saturated rings. The molecule has 0 aliphatic heterocycles. The average Bonchev–Trinajstić information content (AvgIpc) is 3.04. The number of hydrogen-bond donors (Lipinski definition) is 2. The summed E-state index contributed by atoms with van der Waals surface area (Å²) in [4.78, 5) is 46.7. The fourth-order valence-corrected chi connectivity index (χ4v) is 3.55. The first-order valence-electron chi connectivity index (χ1n) is 14.2. The van der Waals surface area contributed by atoms with E-state index in [0.29, 0.717) is 54.3 Å². The first kappa shape index (κ1) is 36.7.